The van der Waals surface area contributed by atoms with E-state index >= 15 is 0 Å². The summed E-state index contributed by atoms with van der Waals surface area (Å²) in [4.78, 5) is 10.2. The topological polar surface area (TPSA) is 66.9 Å². The summed E-state index contributed by atoms with van der Waals surface area (Å²) in [6, 6.07) is 5.94. The van der Waals surface area contributed by atoms with Crippen molar-refractivity contribution in [1.82, 2.24) is 0 Å². The molecule has 0 aliphatic rings. The summed E-state index contributed by atoms with van der Waals surface area (Å²) in [6.45, 7) is 1.49. The molecule has 0 aliphatic heterocycles. The van der Waals surface area contributed by atoms with E-state index in [-0.39, 0.29) is 26.9 Å². The number of benzene rings is 1. The largest absolute Gasteiger partial charge is 0.279 e. The van der Waals surface area contributed by atoms with Gasteiger partial charge in [-0.25, -0.2) is 0 Å². The van der Waals surface area contributed by atoms with Gasteiger partial charge in [0.2, 0.25) is 0 Å². The van der Waals surface area contributed by atoms with E-state index in [9.17, 15) is 10.1 Å². The predicted molar refractivity (Wildman–Crippen MR) is 62.2 cm³/mol. The Morgan fingerprint density at radius 3 is 2.69 bits per heavy atom. The van der Waals surface area contributed by atoms with E-state index in [1.54, 1.807) is 0 Å². The fourth-order valence-electron chi connectivity index (χ4n) is 1.09. The third-order valence-electron chi connectivity index (χ3n) is 1.89. The van der Waals surface area contributed by atoms with Gasteiger partial charge in [0.15, 0.2) is 0 Å². The van der Waals surface area contributed by atoms with Crippen molar-refractivity contribution in [2.75, 3.05) is 0 Å². The summed E-state index contributed by atoms with van der Waals surface area (Å²) in [5, 5.41) is 19.7. The third-order valence-corrected chi connectivity index (χ3v) is 2.61. The van der Waals surface area contributed by atoms with Crippen LogP contribution >= 0.6 is 23.2 Å². The summed E-state index contributed by atoms with van der Waals surface area (Å²) in [5.74, 6) is 0. The minimum Gasteiger partial charge on any atom is -0.258 e. The molecule has 0 aliphatic carbocycles. The SMILES string of the molecule is CC(C#N)=C(Cl)c1ccc(Cl)cc1[N+](=O)[O-]. The van der Waals surface area contributed by atoms with E-state index in [2.05, 4.69) is 0 Å². The smallest absolute Gasteiger partial charge is 0.258 e. The molecule has 0 saturated carbocycles. The van der Waals surface area contributed by atoms with Crippen LogP contribution in [-0.2, 0) is 0 Å². The maximum absolute atomic E-state index is 10.8. The van der Waals surface area contributed by atoms with Crippen LogP contribution in [0.2, 0.25) is 5.02 Å². The van der Waals surface area contributed by atoms with Crippen LogP contribution in [0.5, 0.6) is 0 Å². The van der Waals surface area contributed by atoms with Gasteiger partial charge in [0.1, 0.15) is 0 Å². The van der Waals surface area contributed by atoms with Gasteiger partial charge in [-0.15, -0.1) is 0 Å². The van der Waals surface area contributed by atoms with Crippen molar-refractivity contribution in [2.24, 2.45) is 0 Å². The number of nitrogens with zero attached hydrogens (tertiary/aromatic N) is 2. The normalized spacial score (nSPS) is 11.6. The lowest BCUT2D eigenvalue weighted by molar-refractivity contribution is -0.385. The Hall–Kier alpha value is -1.57. The molecule has 1 rings (SSSR count). The Labute approximate surface area is 102 Å². The first-order chi connectivity index (χ1) is 7.47. The Morgan fingerprint density at radius 1 is 1.56 bits per heavy atom. The van der Waals surface area contributed by atoms with Gasteiger partial charge in [0.05, 0.1) is 21.6 Å². The number of hydrogen-bond donors (Lipinski definition) is 0. The molecule has 0 N–H and O–H groups in total. The van der Waals surface area contributed by atoms with Crippen molar-refractivity contribution < 1.29 is 4.92 Å². The highest BCUT2D eigenvalue weighted by atomic mass is 35.5. The quantitative estimate of drug-likeness (QED) is 0.460. The molecule has 82 valence electrons. The maximum atomic E-state index is 10.8. The van der Waals surface area contributed by atoms with Crippen LogP contribution in [0.15, 0.2) is 23.8 Å². The molecule has 0 saturated heterocycles. The molecule has 0 radical (unpaired) electrons. The van der Waals surface area contributed by atoms with Gasteiger partial charge in [0, 0.05) is 16.7 Å². The van der Waals surface area contributed by atoms with Crippen LogP contribution in [0.3, 0.4) is 0 Å². The van der Waals surface area contributed by atoms with E-state index in [0.717, 1.165) is 0 Å². The van der Waals surface area contributed by atoms with Gasteiger partial charge in [-0.3, -0.25) is 10.1 Å². The third kappa shape index (κ3) is 2.51. The van der Waals surface area contributed by atoms with Crippen LogP contribution in [0, 0.1) is 21.4 Å². The minimum atomic E-state index is -0.589. The lowest BCUT2D eigenvalue weighted by atomic mass is 10.1. The maximum Gasteiger partial charge on any atom is 0.279 e. The molecule has 0 bridgehead atoms. The average molecular weight is 257 g/mol. The van der Waals surface area contributed by atoms with Gasteiger partial charge >= 0.3 is 0 Å². The number of nitro groups is 1. The van der Waals surface area contributed by atoms with E-state index in [1.165, 1.54) is 25.1 Å². The van der Waals surface area contributed by atoms with Crippen LogP contribution < -0.4 is 0 Å². The fraction of sp³-hybridized carbons (Fsp3) is 0.100. The van der Waals surface area contributed by atoms with Gasteiger partial charge in [-0.05, 0) is 19.1 Å². The van der Waals surface area contributed by atoms with E-state index in [1.807, 2.05) is 6.07 Å². The monoisotopic (exact) mass is 256 g/mol. The van der Waals surface area contributed by atoms with Gasteiger partial charge < -0.3 is 0 Å². The highest BCUT2D eigenvalue weighted by molar-refractivity contribution is 6.50. The zero-order valence-electron chi connectivity index (χ0n) is 8.20. The molecule has 6 heteroatoms. The molecule has 1 aromatic carbocycles. The molecule has 0 fully saturated rings. The summed E-state index contributed by atoms with van der Waals surface area (Å²) in [6.07, 6.45) is 0. The second-order valence-corrected chi connectivity index (χ2v) is 3.78. The van der Waals surface area contributed by atoms with E-state index in [4.69, 9.17) is 28.5 Å². The molecule has 0 atom stereocenters. The van der Waals surface area contributed by atoms with Crippen LogP contribution in [0.4, 0.5) is 5.69 Å². The molecular formula is C10H6Cl2N2O2. The number of allylic oxidation sites excluding steroid dienone is 1. The minimum absolute atomic E-state index is 0.0610. The highest BCUT2D eigenvalue weighted by Crippen LogP contribution is 2.32. The number of nitro benzene ring substituents is 1. The summed E-state index contributed by atoms with van der Waals surface area (Å²) >= 11 is 11.5. The average Bonchev–Trinajstić information content (AvgIpc) is 2.26. The highest BCUT2D eigenvalue weighted by Gasteiger charge is 2.18. The Morgan fingerprint density at radius 2 is 2.19 bits per heavy atom. The van der Waals surface area contributed by atoms with Gasteiger partial charge in [0.25, 0.3) is 5.69 Å². The fourth-order valence-corrected chi connectivity index (χ4v) is 1.46. The summed E-state index contributed by atoms with van der Waals surface area (Å²) < 4.78 is 0. The van der Waals surface area contributed by atoms with Gasteiger partial charge in [-0.2, -0.15) is 5.26 Å². The molecule has 0 spiro atoms. The molecule has 4 nitrogen and oxygen atoms in total. The van der Waals surface area contributed by atoms with Crippen molar-refractivity contribution in [2.45, 2.75) is 6.92 Å². The molecular weight excluding hydrogens is 251 g/mol. The number of halogens is 2. The zero-order chi connectivity index (χ0) is 12.3. The lowest BCUT2D eigenvalue weighted by Crippen LogP contribution is -1.94. The van der Waals surface area contributed by atoms with Crippen molar-refractivity contribution in [1.29, 1.82) is 5.26 Å². The zero-order valence-corrected chi connectivity index (χ0v) is 9.71. The van der Waals surface area contributed by atoms with Crippen LogP contribution in [0.25, 0.3) is 5.03 Å². The van der Waals surface area contributed by atoms with Crippen LogP contribution in [0.1, 0.15) is 12.5 Å². The number of nitriles is 1. The number of hydrogen-bond acceptors (Lipinski definition) is 3. The molecule has 0 unspecified atom stereocenters. The first-order valence-electron chi connectivity index (χ1n) is 4.18. The second kappa shape index (κ2) is 4.97. The Balaban J connectivity index is 3.47. The molecule has 0 aromatic heterocycles. The van der Waals surface area contributed by atoms with Gasteiger partial charge in [-0.1, -0.05) is 23.2 Å². The molecule has 1 aromatic rings. The van der Waals surface area contributed by atoms with Crippen molar-refractivity contribution in [3.8, 4) is 6.07 Å². The first-order valence-corrected chi connectivity index (χ1v) is 4.93. The van der Waals surface area contributed by atoms with Crippen molar-refractivity contribution >= 4 is 33.9 Å². The lowest BCUT2D eigenvalue weighted by Gasteiger charge is -2.02. The van der Waals surface area contributed by atoms with Crippen molar-refractivity contribution in [3.05, 3.63) is 44.5 Å². The standard InChI is InChI=1S/C10H6Cl2N2O2/c1-6(5-13)10(12)8-3-2-7(11)4-9(8)14(15)16/h2-4H,1H3. The van der Waals surface area contributed by atoms with E-state index < -0.39 is 4.92 Å². The van der Waals surface area contributed by atoms with Crippen molar-refractivity contribution in [3.63, 3.8) is 0 Å². The molecule has 0 heterocycles. The number of rotatable bonds is 2. The first kappa shape index (κ1) is 12.5. The Kier molecular flexibility index (Phi) is 3.88. The Bertz CT molecular complexity index is 518. The summed E-state index contributed by atoms with van der Waals surface area (Å²) in [5.41, 5.74) is 0.189. The summed E-state index contributed by atoms with van der Waals surface area (Å²) in [7, 11) is 0. The van der Waals surface area contributed by atoms with E-state index in [0.29, 0.717) is 0 Å². The molecule has 16 heavy (non-hydrogen) atoms. The molecule has 0 amide bonds. The predicted octanol–water partition coefficient (Wildman–Crippen LogP) is 3.74. The van der Waals surface area contributed by atoms with Crippen LogP contribution in [-0.4, -0.2) is 4.92 Å². The second-order valence-electron chi connectivity index (χ2n) is 2.97.